The van der Waals surface area contributed by atoms with Crippen LogP contribution in [-0.4, -0.2) is 23.9 Å². The molecule has 6 heteroatoms. The van der Waals surface area contributed by atoms with Gasteiger partial charge in [-0.1, -0.05) is 55.8 Å². The van der Waals surface area contributed by atoms with Crippen molar-refractivity contribution in [3.63, 3.8) is 0 Å². The Hall–Kier alpha value is -3.15. The first-order valence-corrected chi connectivity index (χ1v) is 9.80. The molecule has 2 atom stereocenters. The molecular formula is C23H28N2O4. The van der Waals surface area contributed by atoms with Crippen molar-refractivity contribution in [3.8, 4) is 0 Å². The second-order valence-corrected chi connectivity index (χ2v) is 6.95. The Kier molecular flexibility index (Phi) is 8.40. The summed E-state index contributed by atoms with van der Waals surface area (Å²) in [5.41, 5.74) is 2.43. The molecule has 0 fully saturated rings. The van der Waals surface area contributed by atoms with Gasteiger partial charge >= 0.3 is 5.97 Å². The van der Waals surface area contributed by atoms with Crippen molar-refractivity contribution < 1.29 is 19.1 Å². The van der Waals surface area contributed by atoms with E-state index in [-0.39, 0.29) is 24.3 Å². The number of esters is 1. The number of hydrogen-bond donors (Lipinski definition) is 2. The number of carbonyl (C=O) groups is 3. The minimum absolute atomic E-state index is 0.0506. The van der Waals surface area contributed by atoms with Crippen LogP contribution in [0.2, 0.25) is 0 Å². The summed E-state index contributed by atoms with van der Waals surface area (Å²) in [7, 11) is 0. The summed E-state index contributed by atoms with van der Waals surface area (Å²) in [4.78, 5) is 35.8. The summed E-state index contributed by atoms with van der Waals surface area (Å²) in [6, 6.07) is 16.6. The molecule has 2 N–H and O–H groups in total. The van der Waals surface area contributed by atoms with Crippen molar-refractivity contribution in [1.82, 2.24) is 5.32 Å². The topological polar surface area (TPSA) is 84.5 Å². The number of rotatable bonds is 9. The fourth-order valence-electron chi connectivity index (χ4n) is 2.95. The Labute approximate surface area is 171 Å². The number of ether oxygens (including phenoxy) is 1. The SMILES string of the molecule is CCC[C@@H](NC(=O)[C@@H](C)OC(=O)Cc1ccc(NC(C)=O)cc1)c1ccccc1. The fraction of sp³-hybridized carbons (Fsp3) is 0.348. The molecule has 0 bridgehead atoms. The highest BCUT2D eigenvalue weighted by Crippen LogP contribution is 2.18. The third kappa shape index (κ3) is 7.41. The highest BCUT2D eigenvalue weighted by Gasteiger charge is 2.21. The molecule has 0 aliphatic rings. The number of nitrogens with one attached hydrogen (secondary N) is 2. The van der Waals surface area contributed by atoms with Gasteiger partial charge in [-0.3, -0.25) is 14.4 Å². The monoisotopic (exact) mass is 396 g/mol. The molecule has 0 radical (unpaired) electrons. The predicted octanol–water partition coefficient (Wildman–Crippen LogP) is 3.78. The van der Waals surface area contributed by atoms with Crippen molar-refractivity contribution in [1.29, 1.82) is 0 Å². The molecule has 0 aliphatic carbocycles. The second kappa shape index (κ2) is 11.0. The van der Waals surface area contributed by atoms with Crippen LogP contribution in [0.25, 0.3) is 0 Å². The van der Waals surface area contributed by atoms with Crippen LogP contribution in [0.1, 0.15) is 50.8 Å². The van der Waals surface area contributed by atoms with Gasteiger partial charge in [0.25, 0.3) is 5.91 Å². The number of benzene rings is 2. The van der Waals surface area contributed by atoms with E-state index in [1.807, 2.05) is 30.3 Å². The first-order valence-electron chi connectivity index (χ1n) is 9.80. The van der Waals surface area contributed by atoms with E-state index in [0.29, 0.717) is 5.69 Å². The molecule has 0 heterocycles. The maximum Gasteiger partial charge on any atom is 0.311 e. The van der Waals surface area contributed by atoms with Crippen LogP contribution in [0, 0.1) is 0 Å². The Morgan fingerprint density at radius 2 is 1.66 bits per heavy atom. The first kappa shape index (κ1) is 22.1. The van der Waals surface area contributed by atoms with Gasteiger partial charge in [-0.2, -0.15) is 0 Å². The molecule has 0 aliphatic heterocycles. The zero-order valence-electron chi connectivity index (χ0n) is 17.1. The van der Waals surface area contributed by atoms with E-state index in [1.165, 1.54) is 6.92 Å². The Balaban J connectivity index is 1.89. The van der Waals surface area contributed by atoms with Crippen molar-refractivity contribution in [2.24, 2.45) is 0 Å². The van der Waals surface area contributed by atoms with E-state index in [2.05, 4.69) is 17.6 Å². The summed E-state index contributed by atoms with van der Waals surface area (Å²) in [5, 5.41) is 5.64. The number of amides is 2. The van der Waals surface area contributed by atoms with Crippen LogP contribution < -0.4 is 10.6 Å². The average Bonchev–Trinajstić information content (AvgIpc) is 2.69. The summed E-state index contributed by atoms with van der Waals surface area (Å²) in [5.74, 6) is -0.956. The van der Waals surface area contributed by atoms with E-state index in [9.17, 15) is 14.4 Å². The molecule has 2 rings (SSSR count). The van der Waals surface area contributed by atoms with Crippen LogP contribution in [0.5, 0.6) is 0 Å². The zero-order valence-corrected chi connectivity index (χ0v) is 17.1. The van der Waals surface area contributed by atoms with Crippen LogP contribution in [-0.2, 0) is 25.5 Å². The molecule has 2 amide bonds. The minimum atomic E-state index is -0.885. The third-order valence-electron chi connectivity index (χ3n) is 4.40. The van der Waals surface area contributed by atoms with E-state index in [4.69, 9.17) is 4.74 Å². The maximum absolute atomic E-state index is 12.5. The van der Waals surface area contributed by atoms with Gasteiger partial charge in [0.2, 0.25) is 5.91 Å². The van der Waals surface area contributed by atoms with Gasteiger partial charge in [0.1, 0.15) is 0 Å². The van der Waals surface area contributed by atoms with Gasteiger partial charge in [0.15, 0.2) is 6.10 Å². The molecule has 154 valence electrons. The van der Waals surface area contributed by atoms with E-state index in [1.54, 1.807) is 31.2 Å². The van der Waals surface area contributed by atoms with Gasteiger partial charge in [-0.15, -0.1) is 0 Å². The molecule has 2 aromatic carbocycles. The van der Waals surface area contributed by atoms with Crippen LogP contribution in [0.3, 0.4) is 0 Å². The summed E-state index contributed by atoms with van der Waals surface area (Å²) < 4.78 is 5.31. The summed E-state index contributed by atoms with van der Waals surface area (Å²) in [6.07, 6.45) is 0.887. The summed E-state index contributed by atoms with van der Waals surface area (Å²) in [6.45, 7) is 5.06. The van der Waals surface area contributed by atoms with Gasteiger partial charge < -0.3 is 15.4 Å². The smallest absolute Gasteiger partial charge is 0.311 e. The maximum atomic E-state index is 12.5. The lowest BCUT2D eigenvalue weighted by Crippen LogP contribution is -2.38. The van der Waals surface area contributed by atoms with E-state index >= 15 is 0 Å². The second-order valence-electron chi connectivity index (χ2n) is 6.95. The fourth-order valence-corrected chi connectivity index (χ4v) is 2.95. The molecule has 2 aromatic rings. The average molecular weight is 396 g/mol. The van der Waals surface area contributed by atoms with Crippen LogP contribution in [0.4, 0.5) is 5.69 Å². The van der Waals surface area contributed by atoms with Crippen LogP contribution in [0.15, 0.2) is 54.6 Å². The quantitative estimate of drug-likeness (QED) is 0.632. The van der Waals surface area contributed by atoms with E-state index in [0.717, 1.165) is 24.0 Å². The molecule has 29 heavy (non-hydrogen) atoms. The Morgan fingerprint density at radius 1 is 1.00 bits per heavy atom. The molecule has 0 spiro atoms. The normalized spacial score (nSPS) is 12.5. The lowest BCUT2D eigenvalue weighted by atomic mass is 10.0. The zero-order chi connectivity index (χ0) is 21.2. The molecular weight excluding hydrogens is 368 g/mol. The molecule has 0 unspecified atom stereocenters. The summed E-state index contributed by atoms with van der Waals surface area (Å²) >= 11 is 0. The van der Waals surface area contributed by atoms with Crippen molar-refractivity contribution in [2.75, 3.05) is 5.32 Å². The number of carbonyl (C=O) groups excluding carboxylic acids is 3. The lowest BCUT2D eigenvalue weighted by molar-refractivity contribution is -0.154. The van der Waals surface area contributed by atoms with Crippen molar-refractivity contribution >= 4 is 23.5 Å². The Bertz CT molecular complexity index is 819. The highest BCUT2D eigenvalue weighted by molar-refractivity contribution is 5.88. The van der Waals surface area contributed by atoms with Gasteiger partial charge in [-0.05, 0) is 36.6 Å². The van der Waals surface area contributed by atoms with Gasteiger partial charge in [0.05, 0.1) is 12.5 Å². The Morgan fingerprint density at radius 3 is 2.24 bits per heavy atom. The highest BCUT2D eigenvalue weighted by atomic mass is 16.5. The van der Waals surface area contributed by atoms with Crippen LogP contribution >= 0.6 is 0 Å². The van der Waals surface area contributed by atoms with Crippen molar-refractivity contribution in [2.45, 2.75) is 52.2 Å². The molecule has 0 aromatic heterocycles. The predicted molar refractivity (Wildman–Crippen MR) is 112 cm³/mol. The van der Waals surface area contributed by atoms with Gasteiger partial charge in [-0.25, -0.2) is 0 Å². The molecule has 6 nitrogen and oxygen atoms in total. The standard InChI is InChI=1S/C23H28N2O4/c1-4-8-21(19-9-6-5-7-10-19)25-23(28)16(2)29-22(27)15-18-11-13-20(14-12-18)24-17(3)26/h5-7,9-14,16,21H,4,8,15H2,1-3H3,(H,24,26)(H,25,28)/t16-,21-/m1/s1. The third-order valence-corrected chi connectivity index (χ3v) is 4.40. The number of anilines is 1. The molecule has 0 saturated carbocycles. The lowest BCUT2D eigenvalue weighted by Gasteiger charge is -2.21. The molecule has 0 saturated heterocycles. The van der Waals surface area contributed by atoms with Crippen molar-refractivity contribution in [3.05, 3.63) is 65.7 Å². The largest absolute Gasteiger partial charge is 0.452 e. The number of hydrogen-bond acceptors (Lipinski definition) is 4. The minimum Gasteiger partial charge on any atom is -0.452 e. The van der Waals surface area contributed by atoms with Gasteiger partial charge in [0, 0.05) is 12.6 Å². The van der Waals surface area contributed by atoms with E-state index < -0.39 is 12.1 Å². The first-order chi connectivity index (χ1) is 13.9.